The second-order valence-corrected chi connectivity index (χ2v) is 2.70. The molecule has 1 aromatic rings. The Morgan fingerprint density at radius 2 is 1.60 bits per heavy atom. The van der Waals surface area contributed by atoms with Crippen molar-refractivity contribution in [1.29, 1.82) is 0 Å². The van der Waals surface area contributed by atoms with Crippen molar-refractivity contribution < 1.29 is 22.5 Å². The fourth-order valence-electron chi connectivity index (χ4n) is 0.975. The summed E-state index contributed by atoms with van der Waals surface area (Å²) >= 11 is 0. The lowest BCUT2D eigenvalue weighted by Gasteiger charge is -2.07. The molecule has 82 valence electrons. The van der Waals surface area contributed by atoms with Gasteiger partial charge in [0.25, 0.3) is 11.9 Å². The highest BCUT2D eigenvalue weighted by Crippen LogP contribution is 2.24. The Labute approximate surface area is 80.7 Å². The summed E-state index contributed by atoms with van der Waals surface area (Å²) in [6.45, 7) is 0.806. The fourth-order valence-corrected chi connectivity index (χ4v) is 0.975. The molecule has 0 N–H and O–H groups in total. The van der Waals surface area contributed by atoms with Crippen molar-refractivity contribution >= 4 is 0 Å². The second-order valence-electron chi connectivity index (χ2n) is 2.70. The van der Waals surface area contributed by atoms with Crippen LogP contribution in [0.4, 0.5) is 17.6 Å². The van der Waals surface area contributed by atoms with Gasteiger partial charge >= 0.3 is 0 Å². The number of nitro groups is 1. The molecule has 1 unspecified atom stereocenters. The molecule has 0 saturated heterocycles. The van der Waals surface area contributed by atoms with E-state index in [1.54, 1.807) is 0 Å². The van der Waals surface area contributed by atoms with E-state index in [1.165, 1.54) is 0 Å². The van der Waals surface area contributed by atoms with Crippen LogP contribution in [0.5, 0.6) is 0 Å². The molecule has 8 heteroatoms. The summed E-state index contributed by atoms with van der Waals surface area (Å²) in [5.74, 6) is -7.51. The lowest BCUT2D eigenvalue weighted by molar-refractivity contribution is -0.525. The second kappa shape index (κ2) is 3.79. The molecule has 0 aliphatic rings. The van der Waals surface area contributed by atoms with Crippen LogP contribution < -0.4 is 0 Å². The van der Waals surface area contributed by atoms with Crippen molar-refractivity contribution in [3.8, 4) is 0 Å². The molecule has 0 aliphatic heterocycles. The lowest BCUT2D eigenvalue weighted by Crippen LogP contribution is -2.14. The highest BCUT2D eigenvalue weighted by molar-refractivity contribution is 5.19. The largest absolute Gasteiger partial charge is 0.264 e. The molecule has 0 aromatic carbocycles. The molecule has 1 heterocycles. The Morgan fingerprint density at radius 3 is 1.93 bits per heavy atom. The fraction of sp³-hybridized carbons (Fsp3) is 0.286. The summed E-state index contributed by atoms with van der Waals surface area (Å²) in [4.78, 5) is 11.4. The molecule has 0 aliphatic carbocycles. The first kappa shape index (κ1) is 11.3. The zero-order chi connectivity index (χ0) is 11.7. The third-order valence-electron chi connectivity index (χ3n) is 1.77. The first-order valence-electron chi connectivity index (χ1n) is 3.69. The van der Waals surface area contributed by atoms with Crippen molar-refractivity contribution in [2.45, 2.75) is 13.0 Å². The van der Waals surface area contributed by atoms with E-state index >= 15 is 0 Å². The molecular formula is C7H4F4N2O2. The van der Waals surface area contributed by atoms with Crippen molar-refractivity contribution in [3.05, 3.63) is 39.2 Å². The van der Waals surface area contributed by atoms with E-state index in [0.717, 1.165) is 6.92 Å². The van der Waals surface area contributed by atoms with Crippen LogP contribution in [-0.4, -0.2) is 9.91 Å². The van der Waals surface area contributed by atoms with Gasteiger partial charge in [-0.05, 0) is 0 Å². The van der Waals surface area contributed by atoms with Crippen LogP contribution in [-0.2, 0) is 0 Å². The smallest absolute Gasteiger partial charge is 0.252 e. The Balaban J connectivity index is 3.45. The minimum Gasteiger partial charge on any atom is -0.264 e. The number of aromatic nitrogens is 1. The molecule has 1 aromatic heterocycles. The molecule has 15 heavy (non-hydrogen) atoms. The van der Waals surface area contributed by atoms with Crippen LogP contribution in [0.3, 0.4) is 0 Å². The van der Waals surface area contributed by atoms with Crippen molar-refractivity contribution in [3.63, 3.8) is 0 Å². The topological polar surface area (TPSA) is 56.0 Å². The van der Waals surface area contributed by atoms with E-state index in [4.69, 9.17) is 0 Å². The predicted molar refractivity (Wildman–Crippen MR) is 39.5 cm³/mol. The Kier molecular flexibility index (Phi) is 2.87. The Hall–Kier alpha value is -1.73. The Bertz CT molecular complexity index is 398. The predicted octanol–water partition coefficient (Wildman–Crippen LogP) is 1.98. The van der Waals surface area contributed by atoms with Gasteiger partial charge in [0.15, 0.2) is 11.6 Å². The van der Waals surface area contributed by atoms with E-state index in [1.807, 2.05) is 0 Å². The molecule has 0 bridgehead atoms. The van der Waals surface area contributed by atoms with Gasteiger partial charge in [0.1, 0.15) is 5.56 Å². The molecular weight excluding hydrogens is 220 g/mol. The summed E-state index contributed by atoms with van der Waals surface area (Å²) in [7, 11) is 0. The summed E-state index contributed by atoms with van der Waals surface area (Å²) < 4.78 is 50.9. The normalized spacial score (nSPS) is 12.6. The van der Waals surface area contributed by atoms with Gasteiger partial charge in [0.05, 0.1) is 0 Å². The van der Waals surface area contributed by atoms with Crippen LogP contribution in [0, 0.1) is 33.6 Å². The van der Waals surface area contributed by atoms with E-state index in [9.17, 15) is 27.7 Å². The van der Waals surface area contributed by atoms with E-state index in [0.29, 0.717) is 0 Å². The number of pyridine rings is 1. The van der Waals surface area contributed by atoms with Crippen molar-refractivity contribution in [2.75, 3.05) is 0 Å². The summed E-state index contributed by atoms with van der Waals surface area (Å²) in [6.07, 6.45) is 0. The summed E-state index contributed by atoms with van der Waals surface area (Å²) in [6, 6.07) is -1.89. The van der Waals surface area contributed by atoms with E-state index in [2.05, 4.69) is 4.98 Å². The maximum Gasteiger partial charge on any atom is 0.252 e. The number of hydrogen-bond acceptors (Lipinski definition) is 3. The molecule has 4 nitrogen and oxygen atoms in total. The highest BCUT2D eigenvalue weighted by atomic mass is 19.2. The summed E-state index contributed by atoms with van der Waals surface area (Å²) in [5.41, 5.74) is -1.27. The van der Waals surface area contributed by atoms with Crippen LogP contribution in [0.2, 0.25) is 0 Å². The van der Waals surface area contributed by atoms with E-state index < -0.39 is 40.1 Å². The highest BCUT2D eigenvalue weighted by Gasteiger charge is 2.30. The average Bonchev–Trinajstić information content (AvgIpc) is 2.15. The minimum atomic E-state index is -1.90. The van der Waals surface area contributed by atoms with Gasteiger partial charge in [-0.3, -0.25) is 10.1 Å². The SMILES string of the molecule is CC(c1c(F)c(F)nc(F)c1F)[N+](=O)[O-]. The Morgan fingerprint density at radius 1 is 1.20 bits per heavy atom. The lowest BCUT2D eigenvalue weighted by atomic mass is 10.1. The van der Waals surface area contributed by atoms with Gasteiger partial charge in [-0.2, -0.15) is 13.8 Å². The first-order valence-corrected chi connectivity index (χ1v) is 3.69. The van der Waals surface area contributed by atoms with Gasteiger partial charge < -0.3 is 0 Å². The number of halogens is 4. The minimum absolute atomic E-state index is 0.806. The van der Waals surface area contributed by atoms with Gasteiger partial charge in [-0.25, -0.2) is 8.78 Å². The van der Waals surface area contributed by atoms with Gasteiger partial charge in [-0.15, -0.1) is 0 Å². The van der Waals surface area contributed by atoms with Crippen LogP contribution in [0.15, 0.2) is 0 Å². The molecule has 0 radical (unpaired) electrons. The van der Waals surface area contributed by atoms with Crippen LogP contribution >= 0.6 is 0 Å². The monoisotopic (exact) mass is 224 g/mol. The quantitative estimate of drug-likeness (QED) is 0.334. The maximum absolute atomic E-state index is 12.9. The number of hydrogen-bond donors (Lipinski definition) is 0. The third-order valence-corrected chi connectivity index (χ3v) is 1.77. The van der Waals surface area contributed by atoms with Crippen LogP contribution in [0.1, 0.15) is 18.5 Å². The van der Waals surface area contributed by atoms with Crippen molar-refractivity contribution in [1.82, 2.24) is 4.98 Å². The van der Waals surface area contributed by atoms with Crippen molar-refractivity contribution in [2.24, 2.45) is 0 Å². The van der Waals surface area contributed by atoms with Gasteiger partial charge in [-0.1, -0.05) is 0 Å². The first-order chi connectivity index (χ1) is 6.86. The molecule has 0 saturated carbocycles. The third kappa shape index (κ3) is 1.88. The van der Waals surface area contributed by atoms with E-state index in [-0.39, 0.29) is 0 Å². The summed E-state index contributed by atoms with van der Waals surface area (Å²) in [5, 5.41) is 10.2. The van der Waals surface area contributed by atoms with Crippen LogP contribution in [0.25, 0.3) is 0 Å². The number of nitrogens with zero attached hydrogens (tertiary/aromatic N) is 2. The molecule has 0 fully saturated rings. The maximum atomic E-state index is 12.9. The average molecular weight is 224 g/mol. The standard InChI is InChI=1S/C7H4F4N2O2/c1-2(13(14)15)3-4(8)6(10)12-7(11)5(3)9/h2H,1H3. The molecule has 0 spiro atoms. The zero-order valence-electron chi connectivity index (χ0n) is 7.30. The molecule has 0 amide bonds. The number of rotatable bonds is 2. The van der Waals surface area contributed by atoms with Gasteiger partial charge in [0.2, 0.25) is 6.04 Å². The zero-order valence-corrected chi connectivity index (χ0v) is 7.30. The molecule has 1 rings (SSSR count). The van der Waals surface area contributed by atoms with Gasteiger partial charge in [0, 0.05) is 11.8 Å². The molecule has 1 atom stereocenters.